The first-order chi connectivity index (χ1) is 11.6. The normalized spacial score (nSPS) is 21.8. The summed E-state index contributed by atoms with van der Waals surface area (Å²) in [6.07, 6.45) is 2.98. The first-order valence-electron chi connectivity index (χ1n) is 8.71. The summed E-state index contributed by atoms with van der Waals surface area (Å²) >= 11 is 6.00. The zero-order chi connectivity index (χ0) is 16.7. The van der Waals surface area contributed by atoms with E-state index < -0.39 is 0 Å². The number of benzene rings is 2. The van der Waals surface area contributed by atoms with E-state index in [4.69, 9.17) is 11.6 Å². The molecule has 1 aliphatic carbocycles. The Morgan fingerprint density at radius 1 is 1.12 bits per heavy atom. The molecular formula is C21H22ClNO. The fourth-order valence-corrected chi connectivity index (χ4v) is 4.19. The predicted molar refractivity (Wildman–Crippen MR) is 97.5 cm³/mol. The molecule has 2 fully saturated rings. The minimum absolute atomic E-state index is 0.286. The molecule has 1 saturated heterocycles. The number of carbonyl (C=O) groups excluding carboxylic acids is 1. The number of rotatable bonds is 3. The molecule has 3 heteroatoms. The number of amides is 1. The van der Waals surface area contributed by atoms with Gasteiger partial charge in [0.1, 0.15) is 0 Å². The van der Waals surface area contributed by atoms with Gasteiger partial charge in [0.15, 0.2) is 0 Å². The van der Waals surface area contributed by atoms with Crippen molar-refractivity contribution in [2.75, 3.05) is 13.1 Å². The third kappa shape index (κ3) is 2.63. The van der Waals surface area contributed by atoms with Crippen LogP contribution < -0.4 is 0 Å². The molecule has 1 atom stereocenters. The van der Waals surface area contributed by atoms with Gasteiger partial charge in [-0.3, -0.25) is 4.79 Å². The molecule has 2 nitrogen and oxygen atoms in total. The van der Waals surface area contributed by atoms with Crippen LogP contribution in [0.4, 0.5) is 0 Å². The minimum atomic E-state index is -0.286. The summed E-state index contributed by atoms with van der Waals surface area (Å²) in [5, 5.41) is 0.725. The summed E-state index contributed by atoms with van der Waals surface area (Å²) in [4.78, 5) is 15.3. The summed E-state index contributed by atoms with van der Waals surface area (Å²) in [7, 11) is 0. The van der Waals surface area contributed by atoms with E-state index >= 15 is 0 Å². The molecule has 0 N–H and O–H groups in total. The quantitative estimate of drug-likeness (QED) is 0.794. The van der Waals surface area contributed by atoms with Crippen LogP contribution in [0.1, 0.15) is 41.9 Å². The average molecular weight is 340 g/mol. The Morgan fingerprint density at radius 3 is 2.50 bits per heavy atom. The van der Waals surface area contributed by atoms with Crippen molar-refractivity contribution in [3.63, 3.8) is 0 Å². The number of aryl methyl sites for hydroxylation is 1. The Labute approximate surface area is 148 Å². The molecule has 0 spiro atoms. The molecule has 4 rings (SSSR count). The number of halogens is 1. The van der Waals surface area contributed by atoms with Gasteiger partial charge in [0.25, 0.3) is 0 Å². The third-order valence-electron chi connectivity index (χ3n) is 5.66. The lowest BCUT2D eigenvalue weighted by atomic mass is 9.93. The van der Waals surface area contributed by atoms with E-state index in [2.05, 4.69) is 36.1 Å². The van der Waals surface area contributed by atoms with Gasteiger partial charge in [-0.25, -0.2) is 0 Å². The van der Waals surface area contributed by atoms with Crippen molar-refractivity contribution in [3.05, 3.63) is 70.2 Å². The van der Waals surface area contributed by atoms with Gasteiger partial charge in [-0.05, 0) is 55.0 Å². The van der Waals surface area contributed by atoms with Crippen LogP contribution in [0.15, 0.2) is 48.5 Å². The number of likely N-dealkylation sites (tertiary alicyclic amines) is 1. The van der Waals surface area contributed by atoms with E-state index in [9.17, 15) is 4.79 Å². The van der Waals surface area contributed by atoms with Crippen molar-refractivity contribution < 1.29 is 4.79 Å². The lowest BCUT2D eigenvalue weighted by Crippen LogP contribution is -2.37. The molecule has 2 aromatic rings. The summed E-state index contributed by atoms with van der Waals surface area (Å²) in [5.41, 5.74) is 3.56. The molecule has 1 heterocycles. The Morgan fingerprint density at radius 2 is 1.83 bits per heavy atom. The predicted octanol–water partition coefficient (Wildman–Crippen LogP) is 4.70. The second kappa shape index (κ2) is 5.93. The fourth-order valence-electron chi connectivity index (χ4n) is 4.07. The van der Waals surface area contributed by atoms with E-state index in [1.807, 2.05) is 24.3 Å². The Hall–Kier alpha value is -1.80. The van der Waals surface area contributed by atoms with Crippen molar-refractivity contribution in [3.8, 4) is 0 Å². The summed E-state index contributed by atoms with van der Waals surface area (Å²) in [6, 6.07) is 16.4. The van der Waals surface area contributed by atoms with E-state index in [1.54, 1.807) is 0 Å². The second-order valence-corrected chi connectivity index (χ2v) is 7.62. The number of nitrogens with zero attached hydrogens (tertiary/aromatic N) is 1. The van der Waals surface area contributed by atoms with Gasteiger partial charge in [0, 0.05) is 24.0 Å². The summed E-state index contributed by atoms with van der Waals surface area (Å²) in [6.45, 7) is 3.88. The molecule has 0 aromatic heterocycles. The van der Waals surface area contributed by atoms with Gasteiger partial charge in [0.05, 0.1) is 5.41 Å². The van der Waals surface area contributed by atoms with Gasteiger partial charge in [-0.1, -0.05) is 48.0 Å². The molecule has 1 saturated carbocycles. The smallest absolute Gasteiger partial charge is 0.233 e. The zero-order valence-electron chi connectivity index (χ0n) is 14.0. The Balaban J connectivity index is 1.52. The minimum Gasteiger partial charge on any atom is -0.341 e. The molecule has 1 amide bonds. The van der Waals surface area contributed by atoms with Crippen LogP contribution in [0.5, 0.6) is 0 Å². The third-order valence-corrected chi connectivity index (χ3v) is 5.91. The summed E-state index contributed by atoms with van der Waals surface area (Å²) < 4.78 is 0. The highest BCUT2D eigenvalue weighted by Gasteiger charge is 2.53. The fraction of sp³-hybridized carbons (Fsp3) is 0.381. The van der Waals surface area contributed by atoms with Gasteiger partial charge in [-0.2, -0.15) is 0 Å². The highest BCUT2D eigenvalue weighted by Crippen LogP contribution is 2.50. The van der Waals surface area contributed by atoms with E-state index in [1.165, 1.54) is 11.1 Å². The lowest BCUT2D eigenvalue weighted by molar-refractivity contribution is -0.132. The maximum absolute atomic E-state index is 13.2. The average Bonchev–Trinajstić information content (AvgIpc) is 3.26. The largest absolute Gasteiger partial charge is 0.341 e. The van der Waals surface area contributed by atoms with Crippen LogP contribution in [0.2, 0.25) is 5.02 Å². The molecule has 1 unspecified atom stereocenters. The van der Waals surface area contributed by atoms with Crippen LogP contribution in [-0.2, 0) is 10.2 Å². The maximum Gasteiger partial charge on any atom is 0.233 e. The lowest BCUT2D eigenvalue weighted by Gasteiger charge is -2.24. The molecule has 0 radical (unpaired) electrons. The van der Waals surface area contributed by atoms with Gasteiger partial charge < -0.3 is 4.90 Å². The highest BCUT2D eigenvalue weighted by atomic mass is 35.5. The molecule has 24 heavy (non-hydrogen) atoms. The van der Waals surface area contributed by atoms with Crippen molar-refractivity contribution >= 4 is 17.5 Å². The van der Waals surface area contributed by atoms with Gasteiger partial charge in [-0.15, -0.1) is 0 Å². The second-order valence-electron chi connectivity index (χ2n) is 7.18. The van der Waals surface area contributed by atoms with E-state index in [-0.39, 0.29) is 5.41 Å². The van der Waals surface area contributed by atoms with Crippen LogP contribution in [0.3, 0.4) is 0 Å². The Bertz CT molecular complexity index is 764. The standard InChI is InChI=1S/C21H22ClNO/c1-15-4-2-3-5-19(15)16-10-13-23(14-16)20(24)21(11-12-21)17-6-8-18(22)9-7-17/h2-9,16H,10-14H2,1H3. The van der Waals surface area contributed by atoms with Crippen LogP contribution in [0, 0.1) is 6.92 Å². The van der Waals surface area contributed by atoms with Gasteiger partial charge >= 0.3 is 0 Å². The van der Waals surface area contributed by atoms with Crippen LogP contribution in [0.25, 0.3) is 0 Å². The molecule has 2 aliphatic rings. The van der Waals surface area contributed by atoms with E-state index in [0.717, 1.165) is 42.9 Å². The van der Waals surface area contributed by atoms with Gasteiger partial charge in [0.2, 0.25) is 5.91 Å². The molecule has 2 aromatic carbocycles. The van der Waals surface area contributed by atoms with Crippen LogP contribution in [-0.4, -0.2) is 23.9 Å². The first kappa shape index (κ1) is 15.7. The molecule has 124 valence electrons. The zero-order valence-corrected chi connectivity index (χ0v) is 14.7. The number of carbonyl (C=O) groups is 1. The van der Waals surface area contributed by atoms with E-state index in [0.29, 0.717) is 11.8 Å². The Kier molecular flexibility index (Phi) is 3.88. The van der Waals surface area contributed by atoms with Crippen molar-refractivity contribution in [2.45, 2.75) is 37.5 Å². The maximum atomic E-state index is 13.2. The SMILES string of the molecule is Cc1ccccc1C1CCN(C(=O)C2(c3ccc(Cl)cc3)CC2)C1. The highest BCUT2D eigenvalue weighted by molar-refractivity contribution is 6.30. The number of hydrogen-bond acceptors (Lipinski definition) is 1. The summed E-state index contributed by atoms with van der Waals surface area (Å²) in [5.74, 6) is 0.775. The molecular weight excluding hydrogens is 318 g/mol. The monoisotopic (exact) mass is 339 g/mol. The van der Waals surface area contributed by atoms with Crippen LogP contribution >= 0.6 is 11.6 Å². The topological polar surface area (TPSA) is 20.3 Å². The van der Waals surface area contributed by atoms with Crippen molar-refractivity contribution in [1.29, 1.82) is 0 Å². The first-order valence-corrected chi connectivity index (χ1v) is 9.09. The molecule has 0 bridgehead atoms. The van der Waals surface area contributed by atoms with Crippen molar-refractivity contribution in [2.24, 2.45) is 0 Å². The molecule has 1 aliphatic heterocycles. The van der Waals surface area contributed by atoms with Crippen molar-refractivity contribution in [1.82, 2.24) is 4.90 Å². The number of hydrogen-bond donors (Lipinski definition) is 0.